The van der Waals surface area contributed by atoms with Crippen LogP contribution >= 0.6 is 11.8 Å². The van der Waals surface area contributed by atoms with Crippen molar-refractivity contribution < 1.29 is 9.50 Å². The molecule has 0 aliphatic carbocycles. The summed E-state index contributed by atoms with van der Waals surface area (Å²) >= 11 is 1.85. The van der Waals surface area contributed by atoms with Crippen LogP contribution in [0, 0.1) is 17.7 Å². The van der Waals surface area contributed by atoms with Gasteiger partial charge in [0.1, 0.15) is 12.4 Å². The van der Waals surface area contributed by atoms with Gasteiger partial charge in [-0.1, -0.05) is 37.7 Å². The van der Waals surface area contributed by atoms with Gasteiger partial charge in [-0.3, -0.25) is 0 Å². The number of benzene rings is 1. The summed E-state index contributed by atoms with van der Waals surface area (Å²) in [6.07, 6.45) is 3.71. The Bertz CT molecular complexity index is 420. The van der Waals surface area contributed by atoms with Gasteiger partial charge in [-0.05, 0) is 29.9 Å². The topological polar surface area (TPSA) is 20.2 Å². The lowest BCUT2D eigenvalue weighted by molar-refractivity contribution is 0.350. The predicted molar refractivity (Wildman–Crippen MR) is 76.1 cm³/mol. The number of hydrogen-bond acceptors (Lipinski definition) is 2. The third-order valence-corrected chi connectivity index (χ3v) is 3.62. The normalized spacial score (nSPS) is 9.94. The maximum atomic E-state index is 13.1. The number of aliphatic hydroxyl groups excluding tert-OH is 1. The molecule has 0 spiro atoms. The summed E-state index contributed by atoms with van der Waals surface area (Å²) in [5.74, 6) is 7.06. The molecule has 0 saturated carbocycles. The lowest BCUT2D eigenvalue weighted by Crippen LogP contribution is -1.91. The van der Waals surface area contributed by atoms with Crippen molar-refractivity contribution in [1.82, 2.24) is 0 Å². The molecule has 0 heterocycles. The Morgan fingerprint density at radius 3 is 2.89 bits per heavy atom. The molecule has 98 valence electrons. The Hall–Kier alpha value is -0.980. The van der Waals surface area contributed by atoms with Gasteiger partial charge in [-0.2, -0.15) is 11.8 Å². The molecule has 1 nitrogen and oxygen atoms in total. The summed E-state index contributed by atoms with van der Waals surface area (Å²) in [5, 5.41) is 8.69. The fourth-order valence-corrected chi connectivity index (χ4v) is 2.59. The van der Waals surface area contributed by atoms with Crippen LogP contribution in [0.1, 0.15) is 37.3 Å². The highest BCUT2D eigenvalue weighted by molar-refractivity contribution is 7.98. The first-order chi connectivity index (χ1) is 8.77. The predicted octanol–water partition coefficient (Wildman–Crippen LogP) is 3.59. The summed E-state index contributed by atoms with van der Waals surface area (Å²) in [6.45, 7) is 1.99. The fourth-order valence-electron chi connectivity index (χ4n) is 1.56. The van der Waals surface area contributed by atoms with E-state index in [1.54, 1.807) is 6.07 Å². The average Bonchev–Trinajstić information content (AvgIpc) is 2.38. The third-order valence-electron chi connectivity index (χ3n) is 2.52. The molecule has 0 radical (unpaired) electrons. The van der Waals surface area contributed by atoms with Gasteiger partial charge in [0, 0.05) is 11.3 Å². The largest absolute Gasteiger partial charge is 0.384 e. The summed E-state index contributed by atoms with van der Waals surface area (Å²) in [5.41, 5.74) is 1.73. The minimum Gasteiger partial charge on any atom is -0.384 e. The van der Waals surface area contributed by atoms with Crippen LogP contribution in [0.5, 0.6) is 0 Å². The van der Waals surface area contributed by atoms with Gasteiger partial charge in [-0.25, -0.2) is 4.39 Å². The van der Waals surface area contributed by atoms with Crippen molar-refractivity contribution >= 4 is 11.8 Å². The van der Waals surface area contributed by atoms with E-state index in [9.17, 15) is 4.39 Å². The monoisotopic (exact) mass is 266 g/mol. The molecule has 0 aliphatic heterocycles. The number of unbranched alkanes of at least 4 members (excludes halogenated alkanes) is 2. The van der Waals surface area contributed by atoms with Crippen molar-refractivity contribution in [2.24, 2.45) is 0 Å². The second-order valence-electron chi connectivity index (χ2n) is 4.02. The van der Waals surface area contributed by atoms with Crippen molar-refractivity contribution in [2.75, 3.05) is 12.4 Å². The molecule has 0 amide bonds. The van der Waals surface area contributed by atoms with E-state index in [0.29, 0.717) is 5.56 Å². The Kier molecular flexibility index (Phi) is 7.55. The molecular formula is C15H19FOS. The molecule has 0 atom stereocenters. The first-order valence-electron chi connectivity index (χ1n) is 6.23. The Labute approximate surface area is 113 Å². The smallest absolute Gasteiger partial charge is 0.124 e. The zero-order valence-electron chi connectivity index (χ0n) is 10.7. The molecular weight excluding hydrogens is 247 g/mol. The van der Waals surface area contributed by atoms with E-state index < -0.39 is 0 Å². The van der Waals surface area contributed by atoms with E-state index in [4.69, 9.17) is 5.11 Å². The molecule has 0 bridgehead atoms. The number of halogens is 1. The van der Waals surface area contributed by atoms with Crippen molar-refractivity contribution in [3.05, 3.63) is 35.1 Å². The molecule has 1 aromatic carbocycles. The number of thioether (sulfide) groups is 1. The minimum absolute atomic E-state index is 0.195. The van der Waals surface area contributed by atoms with Crippen molar-refractivity contribution in [2.45, 2.75) is 31.9 Å². The van der Waals surface area contributed by atoms with Gasteiger partial charge >= 0.3 is 0 Å². The van der Waals surface area contributed by atoms with Crippen LogP contribution in [0.2, 0.25) is 0 Å². The van der Waals surface area contributed by atoms with Gasteiger partial charge < -0.3 is 5.11 Å². The van der Waals surface area contributed by atoms with Crippen LogP contribution < -0.4 is 0 Å². The van der Waals surface area contributed by atoms with Crippen molar-refractivity contribution in [3.63, 3.8) is 0 Å². The van der Waals surface area contributed by atoms with Crippen LogP contribution in [0.15, 0.2) is 18.2 Å². The van der Waals surface area contributed by atoms with Crippen LogP contribution in [-0.4, -0.2) is 17.5 Å². The third kappa shape index (κ3) is 5.57. The van der Waals surface area contributed by atoms with Gasteiger partial charge in [0.25, 0.3) is 0 Å². The molecule has 1 aromatic rings. The van der Waals surface area contributed by atoms with Crippen LogP contribution in [0.25, 0.3) is 0 Å². The molecule has 1 rings (SSSR count). The highest BCUT2D eigenvalue weighted by atomic mass is 32.2. The van der Waals surface area contributed by atoms with Crippen LogP contribution in [-0.2, 0) is 5.75 Å². The van der Waals surface area contributed by atoms with E-state index >= 15 is 0 Å². The van der Waals surface area contributed by atoms with E-state index in [-0.39, 0.29) is 12.4 Å². The molecule has 18 heavy (non-hydrogen) atoms. The minimum atomic E-state index is -0.281. The fraction of sp³-hybridized carbons (Fsp3) is 0.467. The SMILES string of the molecule is CCCCCSCc1ccc(F)cc1C#CCO. The molecule has 0 aromatic heterocycles. The van der Waals surface area contributed by atoms with Crippen LogP contribution in [0.3, 0.4) is 0 Å². The first-order valence-corrected chi connectivity index (χ1v) is 7.39. The van der Waals surface area contributed by atoms with Gasteiger partial charge in [0.15, 0.2) is 0 Å². The Balaban J connectivity index is 2.58. The standard InChI is InChI=1S/C15H19FOS/c1-2-3-4-10-18-12-14-7-8-15(16)11-13(14)6-5-9-17/h7-8,11,17H,2-4,9-10,12H2,1H3. The van der Waals surface area contributed by atoms with E-state index in [1.165, 1.54) is 31.4 Å². The molecule has 3 heteroatoms. The maximum Gasteiger partial charge on any atom is 0.124 e. The molecule has 1 N–H and O–H groups in total. The number of hydrogen-bond donors (Lipinski definition) is 1. The zero-order chi connectivity index (χ0) is 13.2. The summed E-state index contributed by atoms with van der Waals surface area (Å²) in [7, 11) is 0. The average molecular weight is 266 g/mol. The van der Waals surface area contributed by atoms with Crippen LogP contribution in [0.4, 0.5) is 4.39 Å². The van der Waals surface area contributed by atoms with Gasteiger partial charge in [0.05, 0.1) is 0 Å². The lowest BCUT2D eigenvalue weighted by Gasteiger charge is -2.05. The van der Waals surface area contributed by atoms with E-state index in [0.717, 1.165) is 17.1 Å². The molecule has 0 fully saturated rings. The lowest BCUT2D eigenvalue weighted by atomic mass is 10.1. The van der Waals surface area contributed by atoms with E-state index in [2.05, 4.69) is 18.8 Å². The molecule has 0 saturated heterocycles. The first kappa shape index (κ1) is 15.1. The quantitative estimate of drug-likeness (QED) is 0.627. The Morgan fingerprint density at radius 2 is 2.17 bits per heavy atom. The van der Waals surface area contributed by atoms with Gasteiger partial charge in [0.2, 0.25) is 0 Å². The number of aliphatic hydroxyl groups is 1. The summed E-state index contributed by atoms with van der Waals surface area (Å²) in [6, 6.07) is 4.68. The summed E-state index contributed by atoms with van der Waals surface area (Å²) < 4.78 is 13.1. The summed E-state index contributed by atoms with van der Waals surface area (Å²) in [4.78, 5) is 0. The Morgan fingerprint density at radius 1 is 1.33 bits per heavy atom. The maximum absolute atomic E-state index is 13.1. The number of rotatable bonds is 6. The van der Waals surface area contributed by atoms with Crippen molar-refractivity contribution in [3.8, 4) is 11.8 Å². The zero-order valence-corrected chi connectivity index (χ0v) is 11.5. The van der Waals surface area contributed by atoms with Gasteiger partial charge in [-0.15, -0.1) is 0 Å². The molecule has 0 unspecified atom stereocenters. The highest BCUT2D eigenvalue weighted by Gasteiger charge is 2.02. The molecule has 0 aliphatic rings. The highest BCUT2D eigenvalue weighted by Crippen LogP contribution is 2.18. The van der Waals surface area contributed by atoms with E-state index in [1.807, 2.05) is 11.8 Å². The second-order valence-corrected chi connectivity index (χ2v) is 5.13. The van der Waals surface area contributed by atoms with Crippen molar-refractivity contribution in [1.29, 1.82) is 0 Å². The second kappa shape index (κ2) is 9.02.